The fraction of sp³-hybridized carbons (Fsp3) is 0.533. The molecule has 110 valence electrons. The lowest BCUT2D eigenvalue weighted by molar-refractivity contribution is -0.141. The first-order valence-corrected chi connectivity index (χ1v) is 8.08. The third-order valence-electron chi connectivity index (χ3n) is 3.63. The van der Waals surface area contributed by atoms with Crippen LogP contribution in [-0.2, 0) is 4.79 Å². The average Bonchev–Trinajstić information content (AvgIpc) is 2.41. The number of hydrogen-bond donors (Lipinski definition) is 0. The lowest BCUT2D eigenvalue weighted by atomic mass is 10.0. The molecule has 3 nitrogen and oxygen atoms in total. The van der Waals surface area contributed by atoms with Crippen LogP contribution >= 0.6 is 27.5 Å². The molecule has 1 aliphatic rings. The first kappa shape index (κ1) is 15.6. The van der Waals surface area contributed by atoms with Crippen molar-refractivity contribution in [2.24, 2.45) is 0 Å². The molecule has 0 saturated carbocycles. The van der Waals surface area contributed by atoms with Crippen molar-refractivity contribution >= 4 is 33.4 Å². The number of ether oxygens (including phenoxy) is 1. The number of piperidine rings is 1. The molecule has 5 heteroatoms. The van der Waals surface area contributed by atoms with Gasteiger partial charge >= 0.3 is 0 Å². The molecule has 2 atom stereocenters. The van der Waals surface area contributed by atoms with Crippen LogP contribution in [0.5, 0.6) is 5.75 Å². The molecular weight excluding hydrogens is 342 g/mol. The fourth-order valence-electron chi connectivity index (χ4n) is 2.47. The molecule has 1 heterocycles. The first-order chi connectivity index (χ1) is 9.49. The molecule has 1 aromatic rings. The molecule has 2 unspecified atom stereocenters. The number of amides is 1. The Morgan fingerprint density at radius 2 is 2.25 bits per heavy atom. The van der Waals surface area contributed by atoms with Gasteiger partial charge in [0.25, 0.3) is 5.91 Å². The van der Waals surface area contributed by atoms with Crippen molar-refractivity contribution in [3.63, 3.8) is 0 Å². The van der Waals surface area contributed by atoms with Crippen molar-refractivity contribution in [2.75, 3.05) is 6.54 Å². The second-order valence-electron chi connectivity index (χ2n) is 5.21. The minimum Gasteiger partial charge on any atom is -0.480 e. The van der Waals surface area contributed by atoms with E-state index in [-0.39, 0.29) is 5.91 Å². The van der Waals surface area contributed by atoms with E-state index in [0.717, 1.165) is 23.9 Å². The SMILES string of the molecule is CC(Oc1ccc(Cl)cc1Br)C(=O)N1CCCCC1C. The van der Waals surface area contributed by atoms with Crippen LogP contribution in [0.4, 0.5) is 0 Å². The van der Waals surface area contributed by atoms with E-state index >= 15 is 0 Å². The maximum Gasteiger partial charge on any atom is 0.263 e. The van der Waals surface area contributed by atoms with Gasteiger partial charge in [-0.1, -0.05) is 11.6 Å². The highest BCUT2D eigenvalue weighted by atomic mass is 79.9. The zero-order valence-corrected chi connectivity index (χ0v) is 14.1. The molecule has 1 aliphatic heterocycles. The van der Waals surface area contributed by atoms with Gasteiger partial charge in [0.05, 0.1) is 4.47 Å². The van der Waals surface area contributed by atoms with Gasteiger partial charge in [0.1, 0.15) is 5.75 Å². The maximum absolute atomic E-state index is 12.5. The van der Waals surface area contributed by atoms with Crippen molar-refractivity contribution < 1.29 is 9.53 Å². The summed E-state index contributed by atoms with van der Waals surface area (Å²) in [6.07, 6.45) is 2.85. The van der Waals surface area contributed by atoms with Crippen LogP contribution in [0, 0.1) is 0 Å². The molecule has 2 rings (SSSR count). The molecule has 1 saturated heterocycles. The largest absolute Gasteiger partial charge is 0.480 e. The summed E-state index contributed by atoms with van der Waals surface area (Å²) in [5.74, 6) is 0.693. The Labute approximate surface area is 133 Å². The number of nitrogens with zero attached hydrogens (tertiary/aromatic N) is 1. The quantitative estimate of drug-likeness (QED) is 0.805. The van der Waals surface area contributed by atoms with E-state index in [0.29, 0.717) is 16.8 Å². The highest BCUT2D eigenvalue weighted by Gasteiger charge is 2.28. The van der Waals surface area contributed by atoms with Gasteiger partial charge in [-0.15, -0.1) is 0 Å². The molecule has 1 amide bonds. The Morgan fingerprint density at radius 3 is 2.90 bits per heavy atom. The number of hydrogen-bond acceptors (Lipinski definition) is 2. The maximum atomic E-state index is 12.5. The molecule has 20 heavy (non-hydrogen) atoms. The van der Waals surface area contributed by atoms with E-state index in [1.165, 1.54) is 6.42 Å². The Bertz CT molecular complexity index is 495. The van der Waals surface area contributed by atoms with Gasteiger partial charge < -0.3 is 9.64 Å². The molecule has 0 spiro atoms. The monoisotopic (exact) mass is 359 g/mol. The molecule has 0 aliphatic carbocycles. The first-order valence-electron chi connectivity index (χ1n) is 6.91. The Balaban J connectivity index is 2.03. The summed E-state index contributed by atoms with van der Waals surface area (Å²) < 4.78 is 6.53. The van der Waals surface area contributed by atoms with Crippen molar-refractivity contribution in [2.45, 2.75) is 45.3 Å². The van der Waals surface area contributed by atoms with Crippen molar-refractivity contribution in [3.8, 4) is 5.75 Å². The third kappa shape index (κ3) is 3.67. The van der Waals surface area contributed by atoms with E-state index in [2.05, 4.69) is 22.9 Å². The van der Waals surface area contributed by atoms with Gasteiger partial charge in [0.2, 0.25) is 0 Å². The topological polar surface area (TPSA) is 29.5 Å². The van der Waals surface area contributed by atoms with Gasteiger partial charge in [0, 0.05) is 17.6 Å². The zero-order chi connectivity index (χ0) is 14.7. The second-order valence-corrected chi connectivity index (χ2v) is 6.50. The predicted molar refractivity (Wildman–Crippen MR) is 84.3 cm³/mol. The van der Waals surface area contributed by atoms with Crippen LogP contribution in [0.15, 0.2) is 22.7 Å². The van der Waals surface area contributed by atoms with Crippen LogP contribution in [0.1, 0.15) is 33.1 Å². The zero-order valence-electron chi connectivity index (χ0n) is 11.7. The summed E-state index contributed by atoms with van der Waals surface area (Å²) >= 11 is 9.29. The fourth-order valence-corrected chi connectivity index (χ4v) is 3.25. The van der Waals surface area contributed by atoms with Gasteiger partial charge in [-0.2, -0.15) is 0 Å². The van der Waals surface area contributed by atoms with Gasteiger partial charge in [-0.25, -0.2) is 0 Å². The Hall–Kier alpha value is -0.740. The summed E-state index contributed by atoms with van der Waals surface area (Å²) in [6.45, 7) is 4.72. The van der Waals surface area contributed by atoms with Crippen LogP contribution in [-0.4, -0.2) is 29.5 Å². The minimum absolute atomic E-state index is 0.0547. The number of carbonyl (C=O) groups is 1. The normalized spacial score (nSPS) is 20.6. The van der Waals surface area contributed by atoms with Crippen molar-refractivity contribution in [1.82, 2.24) is 4.90 Å². The number of halogens is 2. The summed E-state index contributed by atoms with van der Waals surface area (Å²) in [7, 11) is 0. The summed E-state index contributed by atoms with van der Waals surface area (Å²) in [6, 6.07) is 5.59. The molecule has 0 bridgehead atoms. The van der Waals surface area contributed by atoms with Gasteiger partial charge in [-0.05, 0) is 67.2 Å². The number of benzene rings is 1. The Kier molecular flexibility index (Phi) is 5.33. The van der Waals surface area contributed by atoms with E-state index < -0.39 is 6.10 Å². The van der Waals surface area contributed by atoms with Crippen LogP contribution in [0.3, 0.4) is 0 Å². The minimum atomic E-state index is -0.493. The summed E-state index contributed by atoms with van der Waals surface area (Å²) in [5, 5.41) is 0.632. The van der Waals surface area contributed by atoms with Crippen LogP contribution < -0.4 is 4.74 Å². The van der Waals surface area contributed by atoms with Gasteiger partial charge in [-0.3, -0.25) is 4.79 Å². The molecule has 0 N–H and O–H groups in total. The second kappa shape index (κ2) is 6.81. The third-order valence-corrected chi connectivity index (χ3v) is 4.49. The summed E-state index contributed by atoms with van der Waals surface area (Å²) in [4.78, 5) is 14.4. The average molecular weight is 361 g/mol. The lowest BCUT2D eigenvalue weighted by Crippen LogP contribution is -2.47. The molecular formula is C15H19BrClNO2. The highest BCUT2D eigenvalue weighted by Crippen LogP contribution is 2.29. The van der Waals surface area contributed by atoms with Crippen LogP contribution in [0.25, 0.3) is 0 Å². The van der Waals surface area contributed by atoms with E-state index in [4.69, 9.17) is 16.3 Å². The highest BCUT2D eigenvalue weighted by molar-refractivity contribution is 9.10. The predicted octanol–water partition coefficient (Wildman–Crippen LogP) is 4.27. The van der Waals surface area contributed by atoms with Crippen LogP contribution in [0.2, 0.25) is 5.02 Å². The van der Waals surface area contributed by atoms with Crippen molar-refractivity contribution in [3.05, 3.63) is 27.7 Å². The van der Waals surface area contributed by atoms with Gasteiger partial charge in [0.15, 0.2) is 6.10 Å². The van der Waals surface area contributed by atoms with E-state index in [1.54, 1.807) is 25.1 Å². The van der Waals surface area contributed by atoms with E-state index in [9.17, 15) is 4.79 Å². The molecule has 0 radical (unpaired) electrons. The number of likely N-dealkylation sites (tertiary alicyclic amines) is 1. The van der Waals surface area contributed by atoms with Crippen molar-refractivity contribution in [1.29, 1.82) is 0 Å². The standard InChI is InChI=1S/C15H19BrClNO2/c1-10-5-3-4-8-18(10)15(19)11(2)20-14-7-6-12(17)9-13(14)16/h6-7,9-11H,3-5,8H2,1-2H3. The smallest absolute Gasteiger partial charge is 0.263 e. The lowest BCUT2D eigenvalue weighted by Gasteiger charge is -2.35. The summed E-state index contributed by atoms with van der Waals surface area (Å²) in [5.41, 5.74) is 0. The number of carbonyl (C=O) groups excluding carboxylic acids is 1. The molecule has 1 aromatic carbocycles. The van der Waals surface area contributed by atoms with E-state index in [1.807, 2.05) is 4.90 Å². The molecule has 0 aromatic heterocycles. The molecule has 1 fully saturated rings. The number of rotatable bonds is 3. The Morgan fingerprint density at radius 1 is 1.50 bits per heavy atom.